The zero-order valence-corrected chi connectivity index (χ0v) is 7.10. The number of imidazole rings is 1. The van der Waals surface area contributed by atoms with Crippen molar-refractivity contribution in [1.29, 1.82) is 0 Å². The second kappa shape index (κ2) is 2.55. The molecule has 0 fully saturated rings. The summed E-state index contributed by atoms with van der Waals surface area (Å²) < 4.78 is 1.74. The van der Waals surface area contributed by atoms with Gasteiger partial charge in [-0.15, -0.1) is 0 Å². The summed E-state index contributed by atoms with van der Waals surface area (Å²) in [7, 11) is 0. The molecule has 0 unspecified atom stereocenters. The quantitative estimate of drug-likeness (QED) is 0.633. The van der Waals surface area contributed by atoms with E-state index in [0.29, 0.717) is 5.92 Å². The first-order chi connectivity index (χ1) is 5.77. The molecule has 2 rings (SSSR count). The second-order valence-corrected chi connectivity index (χ2v) is 3.00. The Bertz CT molecular complexity index is 391. The largest absolute Gasteiger partial charge is 0.235 e. The van der Waals surface area contributed by atoms with Crippen molar-refractivity contribution >= 4 is 5.65 Å². The minimum atomic E-state index is 0.358. The summed E-state index contributed by atoms with van der Waals surface area (Å²) in [5.74, 6) is 1.21. The summed E-state index contributed by atoms with van der Waals surface area (Å²) in [5.41, 5.74) is 0.791. The van der Waals surface area contributed by atoms with Gasteiger partial charge >= 0.3 is 0 Å². The van der Waals surface area contributed by atoms with Crippen LogP contribution in [0, 0.1) is 0 Å². The lowest BCUT2D eigenvalue weighted by atomic mass is 10.2. The predicted octanol–water partition coefficient (Wildman–Crippen LogP) is 1.25. The van der Waals surface area contributed by atoms with Crippen LogP contribution in [0.15, 0.2) is 18.6 Å². The maximum absolute atomic E-state index is 4.28. The minimum absolute atomic E-state index is 0.358. The molecule has 0 radical (unpaired) electrons. The highest BCUT2D eigenvalue weighted by atomic mass is 15.3. The Hall–Kier alpha value is -1.45. The molecule has 0 spiro atoms. The smallest absolute Gasteiger partial charge is 0.171 e. The molecule has 0 saturated heterocycles. The fourth-order valence-corrected chi connectivity index (χ4v) is 1.01. The summed E-state index contributed by atoms with van der Waals surface area (Å²) in [6, 6.07) is 0. The zero-order valence-electron chi connectivity index (χ0n) is 7.10. The Morgan fingerprint density at radius 3 is 2.92 bits per heavy atom. The SMILES string of the molecule is CC(C)c1ncc2nccn2n1. The van der Waals surface area contributed by atoms with E-state index in [4.69, 9.17) is 0 Å². The summed E-state index contributed by atoms with van der Waals surface area (Å²) in [6.45, 7) is 4.14. The molecule has 2 aromatic heterocycles. The molecule has 4 nitrogen and oxygen atoms in total. The lowest BCUT2D eigenvalue weighted by molar-refractivity contribution is 0.718. The number of aromatic nitrogens is 4. The number of fused-ring (bicyclic) bond motifs is 1. The van der Waals surface area contributed by atoms with E-state index in [0.717, 1.165) is 11.5 Å². The van der Waals surface area contributed by atoms with Gasteiger partial charge in [-0.05, 0) is 0 Å². The highest BCUT2D eigenvalue weighted by Gasteiger charge is 2.03. The topological polar surface area (TPSA) is 43.1 Å². The molecule has 0 atom stereocenters. The van der Waals surface area contributed by atoms with Crippen LogP contribution in [0.25, 0.3) is 5.65 Å². The van der Waals surface area contributed by atoms with Crippen LogP contribution in [0.3, 0.4) is 0 Å². The van der Waals surface area contributed by atoms with Crippen molar-refractivity contribution in [3.8, 4) is 0 Å². The summed E-state index contributed by atoms with van der Waals surface area (Å²) >= 11 is 0. The summed E-state index contributed by atoms with van der Waals surface area (Å²) in [6.07, 6.45) is 5.28. The maximum Gasteiger partial charge on any atom is 0.171 e. The normalized spacial score (nSPS) is 11.2. The Balaban J connectivity index is 2.60. The van der Waals surface area contributed by atoms with Gasteiger partial charge in [0, 0.05) is 18.3 Å². The van der Waals surface area contributed by atoms with E-state index in [2.05, 4.69) is 28.9 Å². The average Bonchev–Trinajstić information content (AvgIpc) is 2.49. The molecule has 0 aromatic carbocycles. The second-order valence-electron chi connectivity index (χ2n) is 3.00. The Morgan fingerprint density at radius 1 is 1.33 bits per heavy atom. The highest BCUT2D eigenvalue weighted by molar-refractivity contribution is 5.32. The van der Waals surface area contributed by atoms with Gasteiger partial charge in [0.05, 0.1) is 6.20 Å². The Labute approximate surface area is 70.3 Å². The highest BCUT2D eigenvalue weighted by Crippen LogP contribution is 2.07. The van der Waals surface area contributed by atoms with E-state index in [1.165, 1.54) is 0 Å². The third-order valence-corrected chi connectivity index (χ3v) is 1.69. The number of nitrogens with zero attached hydrogens (tertiary/aromatic N) is 4. The van der Waals surface area contributed by atoms with Crippen molar-refractivity contribution in [2.24, 2.45) is 0 Å². The van der Waals surface area contributed by atoms with Gasteiger partial charge in [0.15, 0.2) is 11.5 Å². The first-order valence-corrected chi connectivity index (χ1v) is 3.93. The molecule has 0 aliphatic carbocycles. The zero-order chi connectivity index (χ0) is 8.55. The van der Waals surface area contributed by atoms with Crippen LogP contribution in [-0.2, 0) is 0 Å². The van der Waals surface area contributed by atoms with Crippen molar-refractivity contribution in [1.82, 2.24) is 19.6 Å². The number of hydrogen-bond acceptors (Lipinski definition) is 3. The Morgan fingerprint density at radius 2 is 2.17 bits per heavy atom. The van der Waals surface area contributed by atoms with Crippen LogP contribution >= 0.6 is 0 Å². The minimum Gasteiger partial charge on any atom is -0.235 e. The molecule has 12 heavy (non-hydrogen) atoms. The maximum atomic E-state index is 4.28. The van der Waals surface area contributed by atoms with Crippen molar-refractivity contribution < 1.29 is 0 Å². The van der Waals surface area contributed by atoms with Crippen molar-refractivity contribution in [2.75, 3.05) is 0 Å². The average molecular weight is 162 g/mol. The molecule has 2 aromatic rings. The fraction of sp³-hybridized carbons (Fsp3) is 0.375. The van der Waals surface area contributed by atoms with Gasteiger partial charge < -0.3 is 0 Å². The molecule has 0 amide bonds. The first kappa shape index (κ1) is 7.21. The lowest BCUT2D eigenvalue weighted by Gasteiger charge is -2.01. The van der Waals surface area contributed by atoms with Gasteiger partial charge in [0.1, 0.15) is 0 Å². The lowest BCUT2D eigenvalue weighted by Crippen LogP contribution is -2.01. The summed E-state index contributed by atoms with van der Waals surface area (Å²) in [4.78, 5) is 8.24. The van der Waals surface area contributed by atoms with E-state index >= 15 is 0 Å². The van der Waals surface area contributed by atoms with Crippen LogP contribution in [0.2, 0.25) is 0 Å². The van der Waals surface area contributed by atoms with Crippen molar-refractivity contribution in [3.05, 3.63) is 24.4 Å². The standard InChI is InChI=1S/C8H10N4/c1-6(2)8-10-5-7-9-3-4-12(7)11-8/h3-6H,1-2H3. The van der Waals surface area contributed by atoms with Crippen LogP contribution in [0.1, 0.15) is 25.6 Å². The molecule has 0 bridgehead atoms. The molecule has 0 aliphatic rings. The van der Waals surface area contributed by atoms with Gasteiger partial charge in [-0.25, -0.2) is 14.5 Å². The predicted molar refractivity (Wildman–Crippen MR) is 44.9 cm³/mol. The molecule has 4 heteroatoms. The summed E-state index contributed by atoms with van der Waals surface area (Å²) in [5, 5.41) is 4.28. The molecular weight excluding hydrogens is 152 g/mol. The fourth-order valence-electron chi connectivity index (χ4n) is 1.01. The van der Waals surface area contributed by atoms with E-state index in [1.807, 2.05) is 6.20 Å². The van der Waals surface area contributed by atoms with E-state index in [9.17, 15) is 0 Å². The molecule has 0 aliphatic heterocycles. The van der Waals surface area contributed by atoms with Gasteiger partial charge in [-0.1, -0.05) is 13.8 Å². The van der Waals surface area contributed by atoms with Crippen LogP contribution in [-0.4, -0.2) is 19.6 Å². The number of rotatable bonds is 1. The first-order valence-electron chi connectivity index (χ1n) is 3.93. The van der Waals surface area contributed by atoms with Gasteiger partial charge in [-0.2, -0.15) is 5.10 Å². The van der Waals surface area contributed by atoms with E-state index < -0.39 is 0 Å². The van der Waals surface area contributed by atoms with E-state index in [-0.39, 0.29) is 0 Å². The van der Waals surface area contributed by atoms with E-state index in [1.54, 1.807) is 16.9 Å². The van der Waals surface area contributed by atoms with Gasteiger partial charge in [-0.3, -0.25) is 0 Å². The molecular formula is C8H10N4. The van der Waals surface area contributed by atoms with Gasteiger partial charge in [0.2, 0.25) is 0 Å². The van der Waals surface area contributed by atoms with Crippen LogP contribution < -0.4 is 0 Å². The van der Waals surface area contributed by atoms with Gasteiger partial charge in [0.25, 0.3) is 0 Å². The van der Waals surface area contributed by atoms with Crippen LogP contribution in [0.4, 0.5) is 0 Å². The third-order valence-electron chi connectivity index (χ3n) is 1.69. The van der Waals surface area contributed by atoms with Crippen molar-refractivity contribution in [3.63, 3.8) is 0 Å². The molecule has 0 N–H and O–H groups in total. The monoisotopic (exact) mass is 162 g/mol. The third kappa shape index (κ3) is 1.05. The molecule has 62 valence electrons. The van der Waals surface area contributed by atoms with Crippen molar-refractivity contribution in [2.45, 2.75) is 19.8 Å². The molecule has 2 heterocycles. The number of hydrogen-bond donors (Lipinski definition) is 0. The molecule has 0 saturated carbocycles. The Kier molecular flexibility index (Phi) is 1.53. The van der Waals surface area contributed by atoms with Crippen LogP contribution in [0.5, 0.6) is 0 Å².